The first-order chi connectivity index (χ1) is 14.7. The third-order valence-corrected chi connectivity index (χ3v) is 7.79. The molecule has 1 saturated heterocycles. The molecule has 0 spiro atoms. The fourth-order valence-electron chi connectivity index (χ4n) is 4.89. The van der Waals surface area contributed by atoms with E-state index in [0.717, 1.165) is 54.4 Å². The summed E-state index contributed by atoms with van der Waals surface area (Å²) in [5.74, 6) is 1.56. The summed E-state index contributed by atoms with van der Waals surface area (Å²) >= 11 is 1.72. The predicted octanol–water partition coefficient (Wildman–Crippen LogP) is 3.61. The van der Waals surface area contributed by atoms with Crippen LogP contribution in [0.3, 0.4) is 0 Å². The molecule has 3 aromatic heterocycles. The Morgan fingerprint density at radius 1 is 1.23 bits per heavy atom. The minimum atomic E-state index is 0.0475. The molecule has 0 saturated carbocycles. The maximum atomic E-state index is 12.6. The van der Waals surface area contributed by atoms with Crippen molar-refractivity contribution in [3.8, 4) is 0 Å². The van der Waals surface area contributed by atoms with Crippen LogP contribution < -0.4 is 10.5 Å². The number of hydrogen-bond acceptors (Lipinski definition) is 6. The molecule has 0 unspecified atom stereocenters. The average molecular weight is 424 g/mol. The van der Waals surface area contributed by atoms with E-state index in [0.29, 0.717) is 6.54 Å². The molecule has 1 N–H and O–H groups in total. The summed E-state index contributed by atoms with van der Waals surface area (Å²) in [6.45, 7) is 3.96. The lowest BCUT2D eigenvalue weighted by Gasteiger charge is -2.34. The molecule has 0 radical (unpaired) electrons. The second-order valence-corrected chi connectivity index (χ2v) is 9.80. The summed E-state index contributed by atoms with van der Waals surface area (Å²) in [6, 6.07) is 4.20. The normalized spacial score (nSPS) is 17.2. The Balaban J connectivity index is 1.14. The molecular weight excluding hydrogens is 394 g/mol. The highest BCUT2D eigenvalue weighted by atomic mass is 32.1. The largest absolute Gasteiger partial charge is 0.371 e. The molecule has 3 aromatic rings. The summed E-state index contributed by atoms with van der Waals surface area (Å²) in [5.41, 5.74) is 2.58. The maximum absolute atomic E-state index is 12.6. The van der Waals surface area contributed by atoms with Crippen molar-refractivity contribution in [2.45, 2.75) is 45.1 Å². The van der Waals surface area contributed by atoms with E-state index in [1.807, 2.05) is 12.4 Å². The van der Waals surface area contributed by atoms with E-state index in [4.69, 9.17) is 4.98 Å². The second-order valence-electron chi connectivity index (χ2n) is 8.71. The number of aryl methyl sites for hydroxylation is 2. The van der Waals surface area contributed by atoms with E-state index in [-0.39, 0.29) is 5.56 Å². The van der Waals surface area contributed by atoms with Crippen LogP contribution in [-0.4, -0.2) is 46.5 Å². The number of piperidine rings is 1. The van der Waals surface area contributed by atoms with Gasteiger partial charge in [-0.15, -0.1) is 11.3 Å². The third-order valence-electron chi connectivity index (χ3n) is 6.61. The van der Waals surface area contributed by atoms with Crippen LogP contribution in [0.2, 0.25) is 0 Å². The molecule has 6 nitrogen and oxygen atoms in total. The fraction of sp³-hybridized carbons (Fsp3) is 0.522. The van der Waals surface area contributed by atoms with Crippen molar-refractivity contribution in [1.29, 1.82) is 0 Å². The number of aromatic nitrogens is 3. The van der Waals surface area contributed by atoms with Crippen LogP contribution >= 0.6 is 11.3 Å². The zero-order valence-electron chi connectivity index (χ0n) is 17.6. The van der Waals surface area contributed by atoms with Gasteiger partial charge < -0.3 is 9.88 Å². The van der Waals surface area contributed by atoms with E-state index in [9.17, 15) is 4.79 Å². The van der Waals surface area contributed by atoms with Gasteiger partial charge in [0.15, 0.2) is 0 Å². The van der Waals surface area contributed by atoms with Crippen molar-refractivity contribution in [1.82, 2.24) is 19.9 Å². The molecular formula is C23H29N5OS. The minimum absolute atomic E-state index is 0.0475. The van der Waals surface area contributed by atoms with Crippen LogP contribution in [0, 0.1) is 5.92 Å². The standard InChI is InChI=1S/C23H29N5OS/c1-27(12-7-16-8-13-28(14-9-16)17-5-10-24-11-6-17)15-20-25-22(29)21-18-3-2-4-19(18)30-23(21)26-20/h5-6,10-11,16H,2-4,7-9,12-15H2,1H3,(H,25,26,29). The quantitative estimate of drug-likeness (QED) is 0.656. The zero-order chi connectivity index (χ0) is 20.5. The van der Waals surface area contributed by atoms with Crippen molar-refractivity contribution in [2.75, 3.05) is 31.6 Å². The van der Waals surface area contributed by atoms with E-state index in [1.54, 1.807) is 11.3 Å². The number of nitrogens with one attached hydrogen (secondary N) is 1. The lowest BCUT2D eigenvalue weighted by molar-refractivity contribution is 0.268. The summed E-state index contributed by atoms with van der Waals surface area (Å²) in [6.07, 6.45) is 10.7. The van der Waals surface area contributed by atoms with Crippen LogP contribution in [0.5, 0.6) is 0 Å². The van der Waals surface area contributed by atoms with Gasteiger partial charge in [0, 0.05) is 36.0 Å². The van der Waals surface area contributed by atoms with Gasteiger partial charge >= 0.3 is 0 Å². The molecule has 7 heteroatoms. The molecule has 0 amide bonds. The molecule has 0 atom stereocenters. The zero-order valence-corrected chi connectivity index (χ0v) is 18.4. The van der Waals surface area contributed by atoms with Crippen LogP contribution in [0.25, 0.3) is 10.2 Å². The Labute approximate surface area is 181 Å². The lowest BCUT2D eigenvalue weighted by atomic mass is 9.93. The Kier molecular flexibility index (Phi) is 5.56. The Bertz CT molecular complexity index is 1070. The van der Waals surface area contributed by atoms with E-state index >= 15 is 0 Å². The second kappa shape index (κ2) is 8.47. The van der Waals surface area contributed by atoms with Crippen molar-refractivity contribution in [3.05, 3.63) is 51.1 Å². The van der Waals surface area contributed by atoms with Crippen LogP contribution in [0.15, 0.2) is 29.3 Å². The molecule has 30 heavy (non-hydrogen) atoms. The Morgan fingerprint density at radius 2 is 2.03 bits per heavy atom. The van der Waals surface area contributed by atoms with Gasteiger partial charge in [-0.2, -0.15) is 0 Å². The molecule has 1 aliphatic heterocycles. The summed E-state index contributed by atoms with van der Waals surface area (Å²) in [7, 11) is 2.13. The van der Waals surface area contributed by atoms with Crippen molar-refractivity contribution >= 4 is 27.2 Å². The highest BCUT2D eigenvalue weighted by Crippen LogP contribution is 2.34. The van der Waals surface area contributed by atoms with Gasteiger partial charge in [0.2, 0.25) is 0 Å². The van der Waals surface area contributed by atoms with Crippen molar-refractivity contribution in [3.63, 3.8) is 0 Å². The number of nitrogens with zero attached hydrogens (tertiary/aromatic N) is 4. The van der Waals surface area contributed by atoms with Gasteiger partial charge in [-0.3, -0.25) is 14.7 Å². The first-order valence-corrected chi connectivity index (χ1v) is 11.9. The van der Waals surface area contributed by atoms with E-state index in [1.165, 1.54) is 41.8 Å². The highest BCUT2D eigenvalue weighted by Gasteiger charge is 2.22. The number of anilines is 1. The SMILES string of the molecule is CN(CCC1CCN(c2ccncc2)CC1)Cc1nc2sc3c(c2c(=O)[nH]1)CCC3. The van der Waals surface area contributed by atoms with Gasteiger partial charge in [-0.1, -0.05) is 0 Å². The number of pyridine rings is 1. The molecule has 2 aliphatic rings. The van der Waals surface area contributed by atoms with Gasteiger partial charge in [0.25, 0.3) is 5.56 Å². The van der Waals surface area contributed by atoms with Gasteiger partial charge in [0.1, 0.15) is 10.7 Å². The van der Waals surface area contributed by atoms with Crippen LogP contribution in [0.4, 0.5) is 5.69 Å². The van der Waals surface area contributed by atoms with E-state index in [2.05, 4.69) is 38.9 Å². The molecule has 4 heterocycles. The number of fused-ring (bicyclic) bond motifs is 3. The molecule has 0 aromatic carbocycles. The topological polar surface area (TPSA) is 65.1 Å². The molecule has 5 rings (SSSR count). The van der Waals surface area contributed by atoms with Crippen LogP contribution in [-0.2, 0) is 19.4 Å². The summed E-state index contributed by atoms with van der Waals surface area (Å²) < 4.78 is 0. The van der Waals surface area contributed by atoms with Gasteiger partial charge in [0.05, 0.1) is 11.9 Å². The first kappa shape index (κ1) is 19.7. The first-order valence-electron chi connectivity index (χ1n) is 11.0. The average Bonchev–Trinajstić information content (AvgIpc) is 3.34. The van der Waals surface area contributed by atoms with Crippen molar-refractivity contribution in [2.24, 2.45) is 5.92 Å². The van der Waals surface area contributed by atoms with Crippen LogP contribution in [0.1, 0.15) is 41.9 Å². The van der Waals surface area contributed by atoms with E-state index < -0.39 is 0 Å². The maximum Gasteiger partial charge on any atom is 0.259 e. The minimum Gasteiger partial charge on any atom is -0.371 e. The Morgan fingerprint density at radius 3 is 2.83 bits per heavy atom. The van der Waals surface area contributed by atoms with Gasteiger partial charge in [-0.05, 0) is 75.7 Å². The summed E-state index contributed by atoms with van der Waals surface area (Å²) in [4.78, 5) is 31.6. The smallest absolute Gasteiger partial charge is 0.259 e. The number of thiophene rings is 1. The highest BCUT2D eigenvalue weighted by molar-refractivity contribution is 7.18. The predicted molar refractivity (Wildman–Crippen MR) is 122 cm³/mol. The monoisotopic (exact) mass is 423 g/mol. The lowest BCUT2D eigenvalue weighted by Crippen LogP contribution is -2.34. The third kappa shape index (κ3) is 4.01. The molecule has 158 valence electrons. The molecule has 1 aliphatic carbocycles. The number of rotatable bonds is 6. The van der Waals surface area contributed by atoms with Gasteiger partial charge in [-0.25, -0.2) is 4.98 Å². The molecule has 0 bridgehead atoms. The summed E-state index contributed by atoms with van der Waals surface area (Å²) in [5, 5.41) is 0.847. The fourth-order valence-corrected chi connectivity index (χ4v) is 6.18. The Hall–Kier alpha value is -2.25. The van der Waals surface area contributed by atoms with Crippen molar-refractivity contribution < 1.29 is 0 Å². The number of aromatic amines is 1. The molecule has 1 fully saturated rings. The number of hydrogen-bond donors (Lipinski definition) is 1. The number of H-pyrrole nitrogens is 1.